The number of hydrogen-bond acceptors (Lipinski definition) is 7. The van der Waals surface area contributed by atoms with Crippen molar-refractivity contribution in [1.82, 2.24) is 0 Å². The van der Waals surface area contributed by atoms with E-state index in [1.165, 1.54) is 6.92 Å². The fraction of sp³-hybridized carbons (Fsp3) is 0.692. The molecular weight excluding hydrogens is 316 g/mol. The van der Waals surface area contributed by atoms with Gasteiger partial charge >= 0.3 is 23.3 Å². The Bertz CT molecular complexity index is 502. The topological polar surface area (TPSA) is 108 Å². The lowest BCUT2D eigenvalue weighted by atomic mass is 9.86. The first-order valence-corrected chi connectivity index (χ1v) is 7.78. The van der Waals surface area contributed by atoms with Crippen molar-refractivity contribution in [3.63, 3.8) is 0 Å². The molecule has 2 aliphatic rings. The van der Waals surface area contributed by atoms with Crippen LogP contribution in [0.1, 0.15) is 20.3 Å². The summed E-state index contributed by atoms with van der Waals surface area (Å²) in [5.74, 6) is -1.52. The van der Waals surface area contributed by atoms with Gasteiger partial charge in [0.25, 0.3) is 0 Å². The zero-order valence-corrected chi connectivity index (χ0v) is 13.0. The number of esters is 2. The van der Waals surface area contributed by atoms with Gasteiger partial charge in [-0.05, 0) is 6.92 Å². The predicted molar refractivity (Wildman–Crippen MR) is 73.7 cm³/mol. The van der Waals surface area contributed by atoms with Crippen molar-refractivity contribution >= 4 is 23.3 Å². The summed E-state index contributed by atoms with van der Waals surface area (Å²) < 4.78 is 40.0. The summed E-state index contributed by atoms with van der Waals surface area (Å²) in [5.41, 5.74) is 0.196. The Morgan fingerprint density at radius 1 is 1.45 bits per heavy atom. The van der Waals surface area contributed by atoms with Gasteiger partial charge in [0.1, 0.15) is 18.3 Å². The average Bonchev–Trinajstić information content (AvgIpc) is 2.95. The minimum Gasteiger partial charge on any atom is -0.457 e. The summed E-state index contributed by atoms with van der Waals surface area (Å²) >= 11 is -2.37. The van der Waals surface area contributed by atoms with E-state index in [2.05, 4.69) is 6.58 Å². The number of fused-ring (bicyclic) bond motifs is 2. The second-order valence-corrected chi connectivity index (χ2v) is 6.02. The van der Waals surface area contributed by atoms with Crippen LogP contribution in [0.4, 0.5) is 0 Å². The van der Waals surface area contributed by atoms with Gasteiger partial charge in [0.15, 0.2) is 6.61 Å². The van der Waals surface area contributed by atoms with E-state index in [1.807, 2.05) is 0 Å². The molecular formula is C13H18O8S. The van der Waals surface area contributed by atoms with Crippen LogP contribution in [-0.2, 0) is 39.3 Å². The molecule has 2 aliphatic heterocycles. The maximum Gasteiger partial charge on any atom is 0.344 e. The molecule has 0 aliphatic carbocycles. The van der Waals surface area contributed by atoms with Gasteiger partial charge in [0, 0.05) is 17.9 Å². The van der Waals surface area contributed by atoms with E-state index in [1.54, 1.807) is 6.92 Å². The molecule has 0 aromatic rings. The normalized spacial score (nSPS) is 34.2. The third-order valence-electron chi connectivity index (χ3n) is 3.71. The molecule has 2 rings (SSSR count). The number of carbonyl (C=O) groups is 2. The van der Waals surface area contributed by atoms with E-state index in [9.17, 15) is 13.8 Å². The molecule has 2 heterocycles. The van der Waals surface area contributed by atoms with Crippen molar-refractivity contribution in [2.75, 3.05) is 6.61 Å². The van der Waals surface area contributed by atoms with Crippen molar-refractivity contribution in [3.8, 4) is 0 Å². The zero-order valence-electron chi connectivity index (χ0n) is 12.2. The minimum atomic E-state index is -2.37. The molecule has 0 saturated carbocycles. The maximum atomic E-state index is 11.7. The molecule has 0 aromatic carbocycles. The summed E-state index contributed by atoms with van der Waals surface area (Å²) in [6, 6.07) is 0. The molecule has 22 heavy (non-hydrogen) atoms. The second-order valence-electron chi connectivity index (χ2n) is 5.40. The van der Waals surface area contributed by atoms with Crippen LogP contribution in [0.3, 0.4) is 0 Å². The van der Waals surface area contributed by atoms with Gasteiger partial charge in [-0.15, -0.1) is 0 Å². The maximum absolute atomic E-state index is 11.7. The first kappa shape index (κ1) is 17.1. The highest BCUT2D eigenvalue weighted by Gasteiger charge is 2.55. The Kier molecular flexibility index (Phi) is 5.32. The Balaban J connectivity index is 1.82. The molecule has 124 valence electrons. The molecule has 8 nitrogen and oxygen atoms in total. The zero-order chi connectivity index (χ0) is 16.4. The van der Waals surface area contributed by atoms with Crippen molar-refractivity contribution in [2.24, 2.45) is 5.92 Å². The minimum absolute atomic E-state index is 0.189. The van der Waals surface area contributed by atoms with Crippen LogP contribution in [-0.4, -0.2) is 51.7 Å². The van der Waals surface area contributed by atoms with Gasteiger partial charge in [0.05, 0.1) is 6.10 Å². The van der Waals surface area contributed by atoms with Gasteiger partial charge in [-0.25, -0.2) is 9.59 Å². The quantitative estimate of drug-likeness (QED) is 0.421. The average molecular weight is 334 g/mol. The van der Waals surface area contributed by atoms with E-state index >= 15 is 0 Å². The molecule has 2 fully saturated rings. The van der Waals surface area contributed by atoms with Gasteiger partial charge in [-0.2, -0.15) is 4.21 Å². The lowest BCUT2D eigenvalue weighted by Crippen LogP contribution is -2.42. The molecule has 0 amide bonds. The van der Waals surface area contributed by atoms with Crippen LogP contribution in [0.2, 0.25) is 0 Å². The third-order valence-corrected chi connectivity index (χ3v) is 4.10. The van der Waals surface area contributed by atoms with Crippen LogP contribution in [0.25, 0.3) is 0 Å². The van der Waals surface area contributed by atoms with Crippen molar-refractivity contribution in [1.29, 1.82) is 0 Å². The van der Waals surface area contributed by atoms with E-state index in [-0.39, 0.29) is 11.5 Å². The van der Waals surface area contributed by atoms with Crippen molar-refractivity contribution in [2.45, 2.75) is 44.7 Å². The smallest absolute Gasteiger partial charge is 0.344 e. The lowest BCUT2D eigenvalue weighted by molar-refractivity contribution is -0.163. The molecule has 6 atom stereocenters. The highest BCUT2D eigenvalue weighted by atomic mass is 32.2. The van der Waals surface area contributed by atoms with Crippen LogP contribution >= 0.6 is 0 Å². The molecule has 2 saturated heterocycles. The molecule has 1 N–H and O–H groups in total. The van der Waals surface area contributed by atoms with Gasteiger partial charge in [-0.1, -0.05) is 13.5 Å². The first-order chi connectivity index (χ1) is 10.3. The van der Waals surface area contributed by atoms with E-state index in [4.69, 9.17) is 22.9 Å². The number of rotatable bonds is 6. The largest absolute Gasteiger partial charge is 0.457 e. The van der Waals surface area contributed by atoms with Gasteiger partial charge in [0.2, 0.25) is 0 Å². The van der Waals surface area contributed by atoms with Crippen molar-refractivity contribution in [3.05, 3.63) is 12.2 Å². The highest BCUT2D eigenvalue weighted by molar-refractivity contribution is 7.74. The number of hydrogen-bond donors (Lipinski definition) is 1. The lowest BCUT2D eigenvalue weighted by Gasteiger charge is -2.28. The van der Waals surface area contributed by atoms with Crippen LogP contribution in [0.15, 0.2) is 12.2 Å². The van der Waals surface area contributed by atoms with Crippen LogP contribution in [0, 0.1) is 5.92 Å². The van der Waals surface area contributed by atoms with Crippen LogP contribution in [0.5, 0.6) is 0 Å². The highest BCUT2D eigenvalue weighted by Crippen LogP contribution is 2.42. The van der Waals surface area contributed by atoms with E-state index < -0.39 is 54.3 Å². The molecule has 9 heteroatoms. The van der Waals surface area contributed by atoms with E-state index in [0.29, 0.717) is 6.42 Å². The Hall–Kier alpha value is -1.29. The summed E-state index contributed by atoms with van der Waals surface area (Å²) in [5, 5.41) is 0. The Labute approximate surface area is 130 Å². The number of carbonyl (C=O) groups excluding carboxylic acids is 2. The second kappa shape index (κ2) is 6.86. The van der Waals surface area contributed by atoms with Crippen LogP contribution < -0.4 is 0 Å². The predicted octanol–water partition coefficient (Wildman–Crippen LogP) is 0.347. The molecule has 0 spiro atoms. The van der Waals surface area contributed by atoms with Crippen molar-refractivity contribution < 1.29 is 36.7 Å². The fourth-order valence-corrected chi connectivity index (χ4v) is 3.21. The summed E-state index contributed by atoms with van der Waals surface area (Å²) in [6.07, 6.45) is -1.42. The number of ether oxygens (including phenoxy) is 3. The molecule has 0 radical (unpaired) electrons. The molecule has 2 bridgehead atoms. The Morgan fingerprint density at radius 3 is 2.68 bits per heavy atom. The van der Waals surface area contributed by atoms with Gasteiger partial charge < -0.3 is 14.2 Å². The monoisotopic (exact) mass is 334 g/mol. The SMILES string of the molecule is C=C(C)C(=O)OCC(=O)OC1CC2OC1C(C)C2OS(=O)O. The summed E-state index contributed by atoms with van der Waals surface area (Å²) in [7, 11) is 0. The van der Waals surface area contributed by atoms with E-state index in [0.717, 1.165) is 0 Å². The standard InChI is InChI=1S/C13H18O8S/c1-6(2)13(15)18-5-10(14)19-8-4-9-12(21-22(16)17)7(3)11(8)20-9/h7-9,11-12H,1,4-5H2,2-3H3,(H,16,17). The fourth-order valence-electron chi connectivity index (χ4n) is 2.72. The third kappa shape index (κ3) is 3.72. The first-order valence-electron chi connectivity index (χ1n) is 6.75. The Morgan fingerprint density at radius 2 is 2.14 bits per heavy atom. The van der Waals surface area contributed by atoms with Gasteiger partial charge in [-0.3, -0.25) is 8.74 Å². The molecule has 0 aromatic heterocycles. The molecule has 6 unspecified atom stereocenters. The summed E-state index contributed by atoms with van der Waals surface area (Å²) in [4.78, 5) is 22.9. The summed E-state index contributed by atoms with van der Waals surface area (Å²) in [6.45, 7) is 6.18.